The quantitative estimate of drug-likeness (QED) is 0.569. The molecular weight excluding hydrogens is 395 g/mol. The van der Waals surface area contributed by atoms with Crippen LogP contribution in [-0.2, 0) is 17.9 Å². The van der Waals surface area contributed by atoms with Crippen molar-refractivity contribution >= 4 is 11.9 Å². The molecule has 156 valence electrons. The third-order valence-electron chi connectivity index (χ3n) is 4.31. The standard InChI is InChI=1S/C20H19FN4O5/c1-30-16-8-4-13(5-9-16)10-24(12-17(26)27)18-22-19(28)25(20(29)23-18)11-14-2-6-15(21)7-3-14/h2-9H,10-12H2,1H3,(H,26,27)(H,22,23,28,29). The van der Waals surface area contributed by atoms with Gasteiger partial charge in [-0.25, -0.2) is 18.5 Å². The number of aliphatic carboxylic acids is 1. The fourth-order valence-corrected chi connectivity index (χ4v) is 2.81. The van der Waals surface area contributed by atoms with Crippen LogP contribution < -0.4 is 21.0 Å². The highest BCUT2D eigenvalue weighted by molar-refractivity contribution is 5.72. The lowest BCUT2D eigenvalue weighted by molar-refractivity contribution is -0.135. The van der Waals surface area contributed by atoms with E-state index >= 15 is 0 Å². The maximum Gasteiger partial charge on any atom is 0.355 e. The molecule has 0 unspecified atom stereocenters. The molecule has 3 aromatic rings. The number of halogens is 1. The second kappa shape index (κ2) is 9.03. The number of carboxylic acids is 1. The van der Waals surface area contributed by atoms with Crippen LogP contribution in [0.2, 0.25) is 0 Å². The van der Waals surface area contributed by atoms with Gasteiger partial charge in [0.2, 0.25) is 5.95 Å². The molecule has 3 rings (SSSR count). The fourth-order valence-electron chi connectivity index (χ4n) is 2.81. The van der Waals surface area contributed by atoms with Gasteiger partial charge in [0.25, 0.3) is 0 Å². The predicted octanol–water partition coefficient (Wildman–Crippen LogP) is 1.22. The van der Waals surface area contributed by atoms with Gasteiger partial charge in [0.15, 0.2) is 0 Å². The number of carboxylic acid groups (broad SMARTS) is 1. The van der Waals surface area contributed by atoms with Crippen molar-refractivity contribution in [2.24, 2.45) is 0 Å². The SMILES string of the molecule is COc1ccc(CN(CC(=O)O)c2nc(=O)n(Cc3ccc(F)cc3)c(=O)[nH]2)cc1. The van der Waals surface area contributed by atoms with Gasteiger partial charge in [0.05, 0.1) is 13.7 Å². The molecule has 30 heavy (non-hydrogen) atoms. The van der Waals surface area contributed by atoms with E-state index in [9.17, 15) is 23.9 Å². The Kier molecular flexibility index (Phi) is 6.26. The van der Waals surface area contributed by atoms with Crippen LogP contribution in [0.15, 0.2) is 58.1 Å². The molecule has 0 aliphatic carbocycles. The van der Waals surface area contributed by atoms with Crippen molar-refractivity contribution in [1.82, 2.24) is 14.5 Å². The van der Waals surface area contributed by atoms with E-state index in [1.165, 1.54) is 36.3 Å². The van der Waals surface area contributed by atoms with Gasteiger partial charge < -0.3 is 14.7 Å². The third-order valence-corrected chi connectivity index (χ3v) is 4.31. The van der Waals surface area contributed by atoms with Gasteiger partial charge in [-0.2, -0.15) is 4.98 Å². The maximum atomic E-state index is 13.0. The summed E-state index contributed by atoms with van der Waals surface area (Å²) in [4.78, 5) is 43.7. The molecule has 0 saturated carbocycles. The number of aromatic amines is 1. The molecule has 1 heterocycles. The molecule has 0 aliphatic heterocycles. The van der Waals surface area contributed by atoms with Crippen molar-refractivity contribution in [2.75, 3.05) is 18.6 Å². The molecule has 9 nitrogen and oxygen atoms in total. The number of carbonyl (C=O) groups is 1. The lowest BCUT2D eigenvalue weighted by Gasteiger charge is -2.21. The van der Waals surface area contributed by atoms with E-state index in [4.69, 9.17) is 4.74 Å². The van der Waals surface area contributed by atoms with E-state index in [-0.39, 0.29) is 19.0 Å². The number of rotatable bonds is 8. The first-order valence-electron chi connectivity index (χ1n) is 8.91. The number of hydrogen-bond acceptors (Lipinski definition) is 6. The fraction of sp³-hybridized carbons (Fsp3) is 0.200. The number of H-pyrrole nitrogens is 1. The molecule has 10 heteroatoms. The zero-order valence-electron chi connectivity index (χ0n) is 16.0. The zero-order valence-corrected chi connectivity index (χ0v) is 16.0. The molecule has 0 fully saturated rings. The number of nitrogens with one attached hydrogen (secondary N) is 1. The average Bonchev–Trinajstić information content (AvgIpc) is 2.71. The highest BCUT2D eigenvalue weighted by Crippen LogP contribution is 2.15. The van der Waals surface area contributed by atoms with Crippen LogP contribution in [0.3, 0.4) is 0 Å². The normalized spacial score (nSPS) is 10.6. The Hall–Kier alpha value is -3.95. The molecule has 0 bridgehead atoms. The summed E-state index contributed by atoms with van der Waals surface area (Å²) in [5.74, 6) is -1.10. The van der Waals surface area contributed by atoms with Crippen LogP contribution in [-0.4, -0.2) is 39.3 Å². The lowest BCUT2D eigenvalue weighted by Crippen LogP contribution is -2.41. The van der Waals surface area contributed by atoms with E-state index in [0.717, 1.165) is 10.1 Å². The number of anilines is 1. The first kappa shape index (κ1) is 20.8. The minimum Gasteiger partial charge on any atom is -0.497 e. The summed E-state index contributed by atoms with van der Waals surface area (Å²) in [7, 11) is 1.53. The van der Waals surface area contributed by atoms with Crippen LogP contribution in [0.5, 0.6) is 5.75 Å². The summed E-state index contributed by atoms with van der Waals surface area (Å²) in [6.07, 6.45) is 0. The van der Waals surface area contributed by atoms with E-state index in [1.54, 1.807) is 24.3 Å². The molecule has 2 aromatic carbocycles. The summed E-state index contributed by atoms with van der Waals surface area (Å²) in [5.41, 5.74) is -0.322. The molecule has 2 N–H and O–H groups in total. The predicted molar refractivity (Wildman–Crippen MR) is 106 cm³/mol. The summed E-state index contributed by atoms with van der Waals surface area (Å²) >= 11 is 0. The van der Waals surface area contributed by atoms with Crippen LogP contribution in [0.4, 0.5) is 10.3 Å². The Morgan fingerprint density at radius 2 is 1.77 bits per heavy atom. The second-order valence-electron chi connectivity index (χ2n) is 6.46. The highest BCUT2D eigenvalue weighted by atomic mass is 19.1. The molecule has 0 saturated heterocycles. The highest BCUT2D eigenvalue weighted by Gasteiger charge is 2.17. The summed E-state index contributed by atoms with van der Waals surface area (Å²) in [6, 6.07) is 12.3. The van der Waals surface area contributed by atoms with Gasteiger partial charge in [-0.15, -0.1) is 0 Å². The van der Waals surface area contributed by atoms with Gasteiger partial charge in [-0.1, -0.05) is 24.3 Å². The van der Waals surface area contributed by atoms with Crippen LogP contribution >= 0.6 is 0 Å². The van der Waals surface area contributed by atoms with E-state index in [0.29, 0.717) is 11.3 Å². The summed E-state index contributed by atoms with van der Waals surface area (Å²) in [6.45, 7) is -0.476. The number of hydrogen-bond donors (Lipinski definition) is 2. The van der Waals surface area contributed by atoms with Crippen LogP contribution in [0.25, 0.3) is 0 Å². The molecule has 0 radical (unpaired) electrons. The lowest BCUT2D eigenvalue weighted by atomic mass is 10.2. The summed E-state index contributed by atoms with van der Waals surface area (Å²) in [5, 5.41) is 9.22. The Morgan fingerprint density at radius 1 is 1.13 bits per heavy atom. The monoisotopic (exact) mass is 414 g/mol. The van der Waals surface area contributed by atoms with Crippen molar-refractivity contribution < 1.29 is 19.0 Å². The van der Waals surface area contributed by atoms with Gasteiger partial charge in [-0.05, 0) is 35.4 Å². The average molecular weight is 414 g/mol. The largest absolute Gasteiger partial charge is 0.497 e. The Balaban J connectivity index is 1.89. The zero-order chi connectivity index (χ0) is 21.7. The van der Waals surface area contributed by atoms with E-state index in [1.807, 2.05) is 0 Å². The Bertz CT molecular complexity index is 1110. The first-order valence-corrected chi connectivity index (χ1v) is 8.91. The smallest absolute Gasteiger partial charge is 0.355 e. The maximum absolute atomic E-state index is 13.0. The van der Waals surface area contributed by atoms with Crippen LogP contribution in [0.1, 0.15) is 11.1 Å². The summed E-state index contributed by atoms with van der Waals surface area (Å²) < 4.78 is 19.0. The number of benzene rings is 2. The van der Waals surface area contributed by atoms with Gasteiger partial charge >= 0.3 is 17.3 Å². The van der Waals surface area contributed by atoms with Gasteiger partial charge in [0, 0.05) is 6.54 Å². The second-order valence-corrected chi connectivity index (χ2v) is 6.46. The van der Waals surface area contributed by atoms with Gasteiger partial charge in [-0.3, -0.25) is 9.78 Å². The van der Waals surface area contributed by atoms with Crippen molar-refractivity contribution in [3.63, 3.8) is 0 Å². The van der Waals surface area contributed by atoms with Crippen molar-refractivity contribution in [3.8, 4) is 5.75 Å². The molecular formula is C20H19FN4O5. The topological polar surface area (TPSA) is 118 Å². The number of ether oxygens (including phenoxy) is 1. The molecule has 1 aromatic heterocycles. The van der Waals surface area contributed by atoms with Crippen molar-refractivity contribution in [1.29, 1.82) is 0 Å². The van der Waals surface area contributed by atoms with Crippen molar-refractivity contribution in [2.45, 2.75) is 13.1 Å². The van der Waals surface area contributed by atoms with Crippen LogP contribution in [0, 0.1) is 5.82 Å². The van der Waals surface area contributed by atoms with E-state index < -0.39 is 29.7 Å². The minimum absolute atomic E-state index is 0.0979. The minimum atomic E-state index is -1.15. The Morgan fingerprint density at radius 3 is 2.33 bits per heavy atom. The van der Waals surface area contributed by atoms with E-state index in [2.05, 4.69) is 9.97 Å². The van der Waals surface area contributed by atoms with Crippen molar-refractivity contribution in [3.05, 3.63) is 86.4 Å². The van der Waals surface area contributed by atoms with Gasteiger partial charge in [0.1, 0.15) is 18.1 Å². The first-order chi connectivity index (χ1) is 14.4. The molecule has 0 amide bonds. The Labute approximate surface area is 170 Å². The number of aromatic nitrogens is 3. The number of methoxy groups -OCH3 is 1. The third kappa shape index (κ3) is 5.10. The molecule has 0 aliphatic rings. The molecule has 0 spiro atoms. The molecule has 0 atom stereocenters. The number of nitrogens with zero attached hydrogens (tertiary/aromatic N) is 3.